The number of rotatable bonds is 5. The van der Waals surface area contributed by atoms with E-state index in [2.05, 4.69) is 51.8 Å². The molecule has 2 heterocycles. The zero-order chi connectivity index (χ0) is 21.5. The second-order valence-electron chi connectivity index (χ2n) is 8.22. The van der Waals surface area contributed by atoms with Gasteiger partial charge in [-0.3, -0.25) is 4.79 Å². The summed E-state index contributed by atoms with van der Waals surface area (Å²) in [5, 5.41) is 9.19. The first-order valence-electron chi connectivity index (χ1n) is 10.6. The van der Waals surface area contributed by atoms with Crippen LogP contribution in [0.5, 0.6) is 0 Å². The van der Waals surface area contributed by atoms with E-state index >= 15 is 0 Å². The number of likely N-dealkylation sites (N-methyl/N-ethyl adjacent to an activating group) is 1. The third kappa shape index (κ3) is 3.54. The Morgan fingerprint density at radius 1 is 1.10 bits per heavy atom. The van der Waals surface area contributed by atoms with Crippen molar-refractivity contribution >= 4 is 45.0 Å². The van der Waals surface area contributed by atoms with Crippen molar-refractivity contribution in [3.63, 3.8) is 0 Å². The van der Waals surface area contributed by atoms with Crippen molar-refractivity contribution in [1.82, 2.24) is 15.6 Å². The number of H-pyrrole nitrogens is 1. The second kappa shape index (κ2) is 7.91. The molecule has 3 N–H and O–H groups in total. The van der Waals surface area contributed by atoms with E-state index in [1.54, 1.807) is 6.07 Å². The van der Waals surface area contributed by atoms with Gasteiger partial charge in [0.2, 0.25) is 0 Å². The maximum Gasteiger partial charge on any atom is 0.253 e. The number of hydrogen-bond acceptors (Lipinski definition) is 3. The lowest BCUT2D eigenvalue weighted by atomic mass is 10.0. The molecule has 158 valence electrons. The summed E-state index contributed by atoms with van der Waals surface area (Å²) in [4.78, 5) is 18.8. The average Bonchev–Trinajstić information content (AvgIpc) is 3.11. The van der Waals surface area contributed by atoms with Crippen LogP contribution in [0.4, 0.5) is 5.69 Å². The fourth-order valence-electron chi connectivity index (χ4n) is 4.31. The summed E-state index contributed by atoms with van der Waals surface area (Å²) in [6.45, 7) is 3.91. The Morgan fingerprint density at radius 3 is 2.65 bits per heavy atom. The van der Waals surface area contributed by atoms with Crippen LogP contribution in [0.1, 0.15) is 28.9 Å². The third-order valence-electron chi connectivity index (χ3n) is 6.29. The predicted octanol–water partition coefficient (Wildman–Crippen LogP) is 4.87. The molecule has 0 saturated carbocycles. The number of halogens is 1. The van der Waals surface area contributed by atoms with Gasteiger partial charge in [0.1, 0.15) is 0 Å². The first-order chi connectivity index (χ1) is 15.0. The third-order valence-corrected chi connectivity index (χ3v) is 6.62. The van der Waals surface area contributed by atoms with Crippen molar-refractivity contribution < 1.29 is 4.79 Å². The normalized spacial score (nSPS) is 15.1. The number of para-hydroxylation sites is 1. The minimum Gasteiger partial charge on any atom is -0.369 e. The summed E-state index contributed by atoms with van der Waals surface area (Å²) in [5.41, 5.74) is 4.72. The van der Waals surface area contributed by atoms with E-state index in [9.17, 15) is 4.79 Å². The maximum atomic E-state index is 13.2. The largest absolute Gasteiger partial charge is 0.369 e. The number of benzene rings is 3. The van der Waals surface area contributed by atoms with Crippen LogP contribution in [0.2, 0.25) is 5.02 Å². The number of carbonyl (C=O) groups is 1. The Morgan fingerprint density at radius 2 is 1.87 bits per heavy atom. The van der Waals surface area contributed by atoms with Gasteiger partial charge in [-0.25, -0.2) is 0 Å². The molecule has 1 aliphatic heterocycles. The molecule has 0 spiro atoms. The molecule has 4 aromatic rings. The van der Waals surface area contributed by atoms with E-state index in [1.165, 1.54) is 0 Å². The van der Waals surface area contributed by atoms with E-state index in [0.29, 0.717) is 16.6 Å². The van der Waals surface area contributed by atoms with Gasteiger partial charge in [0.05, 0.1) is 22.7 Å². The van der Waals surface area contributed by atoms with Crippen molar-refractivity contribution in [2.45, 2.75) is 19.0 Å². The fraction of sp³-hybridized carbons (Fsp3) is 0.240. The van der Waals surface area contributed by atoms with Crippen LogP contribution in [-0.2, 0) is 0 Å². The molecule has 5 nitrogen and oxygen atoms in total. The van der Waals surface area contributed by atoms with E-state index < -0.39 is 0 Å². The molecule has 0 radical (unpaired) electrons. The maximum absolute atomic E-state index is 13.2. The van der Waals surface area contributed by atoms with Gasteiger partial charge in [-0.2, -0.15) is 0 Å². The van der Waals surface area contributed by atoms with Gasteiger partial charge in [-0.1, -0.05) is 41.9 Å². The Balaban J connectivity index is 1.45. The number of amides is 1. The van der Waals surface area contributed by atoms with Gasteiger partial charge in [0.25, 0.3) is 5.91 Å². The molecule has 3 aromatic carbocycles. The molecule has 1 saturated heterocycles. The summed E-state index contributed by atoms with van der Waals surface area (Å²) in [6, 6.07) is 20.3. The van der Waals surface area contributed by atoms with Gasteiger partial charge in [0, 0.05) is 47.6 Å². The highest BCUT2D eigenvalue weighted by Gasteiger charge is 2.23. The first-order valence-corrected chi connectivity index (χ1v) is 10.9. The highest BCUT2D eigenvalue weighted by atomic mass is 35.5. The Hall–Kier alpha value is -3.02. The van der Waals surface area contributed by atoms with Gasteiger partial charge in [-0.15, -0.1) is 0 Å². The molecular weight excluding hydrogens is 408 g/mol. The minimum absolute atomic E-state index is 0.170. The monoisotopic (exact) mass is 432 g/mol. The molecule has 1 amide bonds. The van der Waals surface area contributed by atoms with Crippen LogP contribution in [0, 0.1) is 0 Å². The number of aromatic amines is 1. The molecule has 1 aliphatic rings. The van der Waals surface area contributed by atoms with Crippen LogP contribution >= 0.6 is 11.6 Å². The second-order valence-corrected chi connectivity index (χ2v) is 8.63. The van der Waals surface area contributed by atoms with Crippen LogP contribution < -0.4 is 15.5 Å². The molecule has 0 bridgehead atoms. The zero-order valence-electron chi connectivity index (χ0n) is 17.6. The summed E-state index contributed by atoms with van der Waals surface area (Å²) in [7, 11) is 2.05. The number of hydrogen-bond donors (Lipinski definition) is 3. The number of fused-ring (bicyclic) bond motifs is 3. The molecule has 1 aromatic heterocycles. The summed E-state index contributed by atoms with van der Waals surface area (Å²) >= 11 is 6.41. The standard InChI is InChI=1S/C25H25ClN4O/c1-15(18-7-5-9-23-24(18)19-6-3-4-8-22(19)29-23)28-25(31)20-12-16(10-11-21(20)26)30(2)17-13-27-14-17/h3-12,15,17,27,29H,13-14H2,1-2H3,(H,28,31). The molecule has 31 heavy (non-hydrogen) atoms. The zero-order valence-corrected chi connectivity index (χ0v) is 18.3. The quantitative estimate of drug-likeness (QED) is 0.421. The lowest BCUT2D eigenvalue weighted by Gasteiger charge is -2.37. The number of nitrogens with zero attached hydrogens (tertiary/aromatic N) is 1. The number of aromatic nitrogens is 1. The van der Waals surface area contributed by atoms with Crippen LogP contribution in [-0.4, -0.2) is 37.1 Å². The van der Waals surface area contributed by atoms with Gasteiger partial charge < -0.3 is 20.5 Å². The van der Waals surface area contributed by atoms with E-state index in [1.807, 2.05) is 37.3 Å². The lowest BCUT2D eigenvalue weighted by molar-refractivity contribution is 0.0940. The highest BCUT2D eigenvalue weighted by Crippen LogP contribution is 2.32. The number of anilines is 1. The molecule has 1 unspecified atom stereocenters. The van der Waals surface area contributed by atoms with E-state index in [0.717, 1.165) is 46.1 Å². The SMILES string of the molecule is CC(NC(=O)c1cc(N(C)C2CNC2)ccc1Cl)c1cccc2[nH]c3ccccc3c12. The summed E-state index contributed by atoms with van der Waals surface area (Å²) in [5.74, 6) is -0.170. The summed E-state index contributed by atoms with van der Waals surface area (Å²) in [6.07, 6.45) is 0. The molecule has 1 fully saturated rings. The van der Waals surface area contributed by atoms with Crippen LogP contribution in [0.25, 0.3) is 21.8 Å². The molecule has 0 aliphatic carbocycles. The van der Waals surface area contributed by atoms with Crippen molar-refractivity contribution in [3.05, 3.63) is 76.8 Å². The average molecular weight is 433 g/mol. The van der Waals surface area contributed by atoms with E-state index in [4.69, 9.17) is 11.6 Å². The van der Waals surface area contributed by atoms with Crippen LogP contribution in [0.3, 0.4) is 0 Å². The molecule has 5 rings (SSSR count). The van der Waals surface area contributed by atoms with Crippen molar-refractivity contribution in [2.24, 2.45) is 0 Å². The van der Waals surface area contributed by atoms with Gasteiger partial charge >= 0.3 is 0 Å². The molecule has 6 heteroatoms. The number of carbonyl (C=O) groups excluding carboxylic acids is 1. The smallest absolute Gasteiger partial charge is 0.253 e. The Labute approximate surface area is 186 Å². The van der Waals surface area contributed by atoms with Crippen molar-refractivity contribution in [3.8, 4) is 0 Å². The molecule has 1 atom stereocenters. The lowest BCUT2D eigenvalue weighted by Crippen LogP contribution is -2.56. The number of nitrogens with one attached hydrogen (secondary N) is 3. The molecular formula is C25H25ClN4O. The predicted molar refractivity (Wildman–Crippen MR) is 128 cm³/mol. The van der Waals surface area contributed by atoms with Crippen LogP contribution in [0.15, 0.2) is 60.7 Å². The van der Waals surface area contributed by atoms with Crippen molar-refractivity contribution in [2.75, 3.05) is 25.0 Å². The van der Waals surface area contributed by atoms with Crippen molar-refractivity contribution in [1.29, 1.82) is 0 Å². The topological polar surface area (TPSA) is 60.2 Å². The first kappa shape index (κ1) is 19.9. The van der Waals surface area contributed by atoms with Gasteiger partial charge in [0.15, 0.2) is 0 Å². The fourth-order valence-corrected chi connectivity index (χ4v) is 4.51. The minimum atomic E-state index is -0.177. The highest BCUT2D eigenvalue weighted by molar-refractivity contribution is 6.34. The Bertz CT molecular complexity index is 1280. The summed E-state index contributed by atoms with van der Waals surface area (Å²) < 4.78 is 0. The Kier molecular flexibility index (Phi) is 5.08. The van der Waals surface area contributed by atoms with E-state index in [-0.39, 0.29) is 11.9 Å². The van der Waals surface area contributed by atoms with Gasteiger partial charge in [-0.05, 0) is 42.8 Å².